The molecule has 9 heteroatoms. The van der Waals surface area contributed by atoms with E-state index in [0.29, 0.717) is 0 Å². The summed E-state index contributed by atoms with van der Waals surface area (Å²) in [6.07, 6.45) is 1.10. The van der Waals surface area contributed by atoms with Crippen molar-refractivity contribution in [2.24, 2.45) is 0 Å². The van der Waals surface area contributed by atoms with Crippen molar-refractivity contribution in [2.75, 3.05) is 10.8 Å². The van der Waals surface area contributed by atoms with Crippen LogP contribution >= 0.6 is 0 Å². The van der Waals surface area contributed by atoms with Crippen molar-refractivity contribution in [3.8, 4) is 0 Å². The van der Waals surface area contributed by atoms with Crippen molar-refractivity contribution in [1.82, 2.24) is 5.32 Å². The van der Waals surface area contributed by atoms with Gasteiger partial charge in [-0.25, -0.2) is 8.42 Å². The van der Waals surface area contributed by atoms with Crippen LogP contribution in [-0.2, 0) is 21.0 Å². The number of benzene rings is 2. The largest absolute Gasteiger partial charge is 0.416 e. The fraction of sp³-hybridized carbons (Fsp3) is 0.435. The van der Waals surface area contributed by atoms with Gasteiger partial charge in [0.1, 0.15) is 6.54 Å². The molecule has 0 spiro atoms. The lowest BCUT2D eigenvalue weighted by atomic mass is 10.1. The first-order chi connectivity index (χ1) is 15.1. The maximum atomic E-state index is 13.4. The molecule has 0 atom stereocenters. The molecule has 1 saturated carbocycles. The SMILES string of the molecule is Cc1ccc(S(=O)(=O)N(CC(=O)NC2CCCCCC2)c2cccc(C(F)(F)F)c2)cc1. The third-order valence-electron chi connectivity index (χ3n) is 5.58. The summed E-state index contributed by atoms with van der Waals surface area (Å²) in [4.78, 5) is 12.7. The highest BCUT2D eigenvalue weighted by molar-refractivity contribution is 7.92. The Bertz CT molecular complexity index is 1030. The average Bonchev–Trinajstić information content (AvgIpc) is 3.00. The highest BCUT2D eigenvalue weighted by atomic mass is 32.2. The Morgan fingerprint density at radius 3 is 2.25 bits per heavy atom. The molecule has 0 saturated heterocycles. The number of hydrogen-bond donors (Lipinski definition) is 1. The average molecular weight is 469 g/mol. The zero-order chi connectivity index (χ0) is 23.4. The Labute approximate surface area is 186 Å². The molecule has 3 rings (SSSR count). The number of anilines is 1. The van der Waals surface area contributed by atoms with Gasteiger partial charge in [0.15, 0.2) is 0 Å². The van der Waals surface area contributed by atoms with Crippen molar-refractivity contribution in [3.63, 3.8) is 0 Å². The minimum absolute atomic E-state index is 0.0598. The van der Waals surface area contributed by atoms with Crippen molar-refractivity contribution in [3.05, 3.63) is 59.7 Å². The number of carbonyl (C=O) groups excluding carboxylic acids is 1. The molecular formula is C23H27F3N2O3S. The lowest BCUT2D eigenvalue weighted by molar-refractivity contribution is -0.137. The number of sulfonamides is 1. The second-order valence-electron chi connectivity index (χ2n) is 8.13. The maximum absolute atomic E-state index is 13.4. The summed E-state index contributed by atoms with van der Waals surface area (Å²) in [6, 6.07) is 9.93. The Morgan fingerprint density at radius 2 is 1.66 bits per heavy atom. The van der Waals surface area contributed by atoms with Crippen molar-refractivity contribution in [2.45, 2.75) is 62.6 Å². The first-order valence-electron chi connectivity index (χ1n) is 10.6. The van der Waals surface area contributed by atoms with Gasteiger partial charge >= 0.3 is 6.18 Å². The topological polar surface area (TPSA) is 66.5 Å². The summed E-state index contributed by atoms with van der Waals surface area (Å²) in [5.74, 6) is -0.537. The number of aryl methyl sites for hydroxylation is 1. The fourth-order valence-electron chi connectivity index (χ4n) is 3.82. The number of hydrogen-bond acceptors (Lipinski definition) is 3. The fourth-order valence-corrected chi connectivity index (χ4v) is 5.23. The molecule has 174 valence electrons. The molecule has 5 nitrogen and oxygen atoms in total. The Balaban J connectivity index is 1.94. The van der Waals surface area contributed by atoms with Gasteiger partial charge in [0.05, 0.1) is 16.1 Å². The van der Waals surface area contributed by atoms with Crippen LogP contribution in [0.3, 0.4) is 0 Å². The van der Waals surface area contributed by atoms with Crippen LogP contribution in [0.1, 0.15) is 49.7 Å². The van der Waals surface area contributed by atoms with Crippen LogP contribution in [0.2, 0.25) is 0 Å². The van der Waals surface area contributed by atoms with Crippen LogP contribution in [-0.4, -0.2) is 26.9 Å². The monoisotopic (exact) mass is 468 g/mol. The zero-order valence-electron chi connectivity index (χ0n) is 17.9. The molecular weight excluding hydrogens is 441 g/mol. The third-order valence-corrected chi connectivity index (χ3v) is 7.37. The van der Waals surface area contributed by atoms with Gasteiger partial charge in [-0.3, -0.25) is 9.10 Å². The van der Waals surface area contributed by atoms with Gasteiger partial charge in [-0.2, -0.15) is 13.2 Å². The van der Waals surface area contributed by atoms with E-state index in [1.807, 2.05) is 0 Å². The molecule has 0 aromatic heterocycles. The molecule has 1 aliphatic carbocycles. The van der Waals surface area contributed by atoms with Gasteiger partial charge in [0, 0.05) is 6.04 Å². The molecule has 1 N–H and O–H groups in total. The zero-order valence-corrected chi connectivity index (χ0v) is 18.7. The van der Waals surface area contributed by atoms with Crippen LogP contribution in [0.4, 0.5) is 18.9 Å². The number of halogens is 3. The predicted molar refractivity (Wildman–Crippen MR) is 117 cm³/mol. The summed E-state index contributed by atoms with van der Waals surface area (Å²) in [5, 5.41) is 2.87. The van der Waals surface area contributed by atoms with Crippen LogP contribution in [0.5, 0.6) is 0 Å². The first kappa shape index (κ1) is 24.1. The minimum atomic E-state index is -4.64. The normalized spacial score (nSPS) is 15.8. The van der Waals surface area contributed by atoms with Crippen molar-refractivity contribution >= 4 is 21.6 Å². The lowest BCUT2D eigenvalue weighted by Crippen LogP contribution is -2.44. The number of alkyl halides is 3. The Morgan fingerprint density at radius 1 is 1.03 bits per heavy atom. The van der Waals surface area contributed by atoms with E-state index in [1.54, 1.807) is 19.1 Å². The van der Waals surface area contributed by atoms with Crippen molar-refractivity contribution < 1.29 is 26.4 Å². The summed E-state index contributed by atoms with van der Waals surface area (Å²) < 4.78 is 67.2. The van der Waals surface area contributed by atoms with Crippen LogP contribution in [0, 0.1) is 6.92 Å². The minimum Gasteiger partial charge on any atom is -0.352 e. The molecule has 0 aliphatic heterocycles. The van der Waals surface area contributed by atoms with E-state index in [1.165, 1.54) is 18.2 Å². The number of carbonyl (C=O) groups is 1. The summed E-state index contributed by atoms with van der Waals surface area (Å²) in [7, 11) is -4.27. The molecule has 1 fully saturated rings. The van der Waals surface area contributed by atoms with Gasteiger partial charge in [-0.05, 0) is 50.1 Å². The van der Waals surface area contributed by atoms with E-state index >= 15 is 0 Å². The highest BCUT2D eigenvalue weighted by Crippen LogP contribution is 2.33. The van der Waals surface area contributed by atoms with E-state index < -0.39 is 34.2 Å². The Hall–Kier alpha value is -2.55. The quantitative estimate of drug-likeness (QED) is 0.604. The van der Waals surface area contributed by atoms with Crippen LogP contribution in [0.25, 0.3) is 0 Å². The standard InChI is InChI=1S/C23H27F3N2O3S/c1-17-11-13-21(14-12-17)32(30,31)28(20-10-6-7-18(15-20)23(24,25)26)16-22(29)27-19-8-4-2-3-5-9-19/h6-7,10-15,19H,2-5,8-9,16H2,1H3,(H,27,29). The summed E-state index contributed by atoms with van der Waals surface area (Å²) >= 11 is 0. The highest BCUT2D eigenvalue weighted by Gasteiger charge is 2.33. The van der Waals surface area contributed by atoms with E-state index in [0.717, 1.165) is 66.6 Å². The molecule has 2 aromatic rings. The van der Waals surface area contributed by atoms with Gasteiger partial charge < -0.3 is 5.32 Å². The number of rotatable bonds is 6. The van der Waals surface area contributed by atoms with E-state index in [2.05, 4.69) is 5.32 Å². The molecule has 0 radical (unpaired) electrons. The van der Waals surface area contributed by atoms with Crippen molar-refractivity contribution in [1.29, 1.82) is 0 Å². The number of nitrogens with one attached hydrogen (secondary N) is 1. The molecule has 0 heterocycles. The van der Waals surface area contributed by atoms with Gasteiger partial charge in [0.25, 0.3) is 10.0 Å². The maximum Gasteiger partial charge on any atom is 0.416 e. The van der Waals surface area contributed by atoms with E-state index in [9.17, 15) is 26.4 Å². The second kappa shape index (κ2) is 9.94. The number of amides is 1. The molecule has 2 aromatic carbocycles. The van der Waals surface area contributed by atoms with Gasteiger partial charge in [-0.1, -0.05) is 49.4 Å². The summed E-state index contributed by atoms with van der Waals surface area (Å²) in [5.41, 5.74) is -0.361. The Kier molecular flexibility index (Phi) is 7.48. The molecule has 0 bridgehead atoms. The molecule has 0 unspecified atom stereocenters. The lowest BCUT2D eigenvalue weighted by Gasteiger charge is -2.26. The summed E-state index contributed by atoms with van der Waals surface area (Å²) in [6.45, 7) is 1.19. The first-order valence-corrected chi connectivity index (χ1v) is 12.1. The van der Waals surface area contributed by atoms with Crippen LogP contribution < -0.4 is 9.62 Å². The molecule has 1 aliphatic rings. The predicted octanol–water partition coefficient (Wildman–Crippen LogP) is 5.05. The van der Waals surface area contributed by atoms with Crippen LogP contribution in [0.15, 0.2) is 53.4 Å². The molecule has 1 amide bonds. The third kappa shape index (κ3) is 6.03. The van der Waals surface area contributed by atoms with Gasteiger partial charge in [0.2, 0.25) is 5.91 Å². The second-order valence-corrected chi connectivity index (χ2v) is 9.99. The van der Waals surface area contributed by atoms with E-state index in [4.69, 9.17) is 0 Å². The number of nitrogens with zero attached hydrogens (tertiary/aromatic N) is 1. The van der Waals surface area contributed by atoms with E-state index in [-0.39, 0.29) is 16.6 Å². The van der Waals surface area contributed by atoms with Gasteiger partial charge in [-0.15, -0.1) is 0 Å². The molecule has 32 heavy (non-hydrogen) atoms. The smallest absolute Gasteiger partial charge is 0.352 e.